The molecule has 0 unspecified atom stereocenters. The number of aromatic carboxylic acids is 1. The van der Waals surface area contributed by atoms with Gasteiger partial charge in [0.05, 0.1) is 98.9 Å². The first kappa shape index (κ1) is 55.7. The molecule has 8 rings (SSSR count). The smallest absolute Gasteiger partial charge is 0.338 e. The van der Waals surface area contributed by atoms with Crippen molar-refractivity contribution in [2.75, 3.05) is 122 Å². The molecule has 2 atom stereocenters. The number of aliphatic hydroxyl groups excluding tert-OH is 1. The molecule has 2 saturated heterocycles. The van der Waals surface area contributed by atoms with E-state index in [0.29, 0.717) is 92.1 Å². The number of nitrogens with zero attached hydrogens (tertiary/aromatic N) is 2. The fraction of sp³-hybridized carbons (Fsp3) is 0.481. The van der Waals surface area contributed by atoms with Crippen LogP contribution < -0.4 is 39.1 Å². The second-order valence-electron chi connectivity index (χ2n) is 17.6. The molecule has 19 nitrogen and oxygen atoms in total. The summed E-state index contributed by atoms with van der Waals surface area (Å²) in [6.45, 7) is 11.6. The van der Waals surface area contributed by atoms with E-state index < -0.39 is 11.9 Å². The van der Waals surface area contributed by atoms with Gasteiger partial charge in [-0.05, 0) is 95.5 Å². The summed E-state index contributed by atoms with van der Waals surface area (Å²) in [5, 5.41) is 23.9. The third-order valence-electron chi connectivity index (χ3n) is 13.1. The Labute approximate surface area is 426 Å². The van der Waals surface area contributed by atoms with E-state index in [1.807, 2.05) is 24.3 Å². The Kier molecular flexibility index (Phi) is 20.5. The van der Waals surface area contributed by atoms with Crippen LogP contribution in [-0.2, 0) is 36.6 Å². The lowest BCUT2D eigenvalue weighted by Crippen LogP contribution is -2.38. The van der Waals surface area contributed by atoms with Gasteiger partial charge in [0.25, 0.3) is 0 Å². The number of hydrogen-bond acceptors (Lipinski definition) is 16. The topological polar surface area (TPSA) is 222 Å². The molecule has 4 aromatic rings. The van der Waals surface area contributed by atoms with Crippen molar-refractivity contribution in [3.05, 3.63) is 81.9 Å². The lowest BCUT2D eigenvalue weighted by molar-refractivity contribution is -0.120. The van der Waals surface area contributed by atoms with Gasteiger partial charge in [0, 0.05) is 64.2 Å². The molecule has 0 radical (unpaired) electrons. The van der Waals surface area contributed by atoms with Crippen molar-refractivity contribution in [2.24, 2.45) is 0 Å². The summed E-state index contributed by atoms with van der Waals surface area (Å²) in [6.07, 6.45) is 2.58. The molecule has 4 aromatic carbocycles. The fourth-order valence-corrected chi connectivity index (χ4v) is 9.66. The molecule has 0 saturated carbocycles. The lowest BCUT2D eigenvalue weighted by atomic mass is 9.92. The van der Waals surface area contributed by atoms with Crippen LogP contribution in [0.25, 0.3) is 22.3 Å². The second-order valence-corrected chi connectivity index (χ2v) is 17.6. The third-order valence-corrected chi connectivity index (χ3v) is 13.1. The summed E-state index contributed by atoms with van der Waals surface area (Å²) in [4.78, 5) is 52.7. The van der Waals surface area contributed by atoms with Gasteiger partial charge in [-0.15, -0.1) is 0 Å². The Bertz CT molecular complexity index is 2560. The van der Waals surface area contributed by atoms with Crippen LogP contribution in [0.1, 0.15) is 81.7 Å². The monoisotopic (exact) mass is 1010 g/mol. The SMILES string of the molecule is COc1cc2c(c(OC)c1OC)-c1ccc(C(=O)O)cc1[C@@H](NC(C)=O)CC2.COc1cc2c(c(OC)c1OC)-c1ccc(C(=O)OCCN3CCOCC3)cc1[C@@H](NC(C)=O)CC2.OCCN1CCOCC1. The molecule has 0 spiro atoms. The van der Waals surface area contributed by atoms with Crippen LogP contribution in [0.3, 0.4) is 0 Å². The number of aliphatic hydroxyl groups is 1. The van der Waals surface area contributed by atoms with Crippen molar-refractivity contribution in [3.8, 4) is 56.8 Å². The van der Waals surface area contributed by atoms with Gasteiger partial charge in [-0.3, -0.25) is 19.4 Å². The number of carbonyl (C=O) groups is 4. The number of fused-ring (bicyclic) bond motifs is 6. The molecule has 2 aliphatic heterocycles. The maximum absolute atomic E-state index is 12.9. The number of carbonyl (C=O) groups excluding carboxylic acids is 3. The number of ether oxygens (including phenoxy) is 9. The van der Waals surface area contributed by atoms with Crippen molar-refractivity contribution in [2.45, 2.75) is 51.6 Å². The van der Waals surface area contributed by atoms with Crippen LogP contribution in [-0.4, -0.2) is 165 Å². The zero-order valence-corrected chi connectivity index (χ0v) is 43.2. The van der Waals surface area contributed by atoms with Crippen LogP contribution in [0.4, 0.5) is 0 Å². The maximum Gasteiger partial charge on any atom is 0.338 e. The van der Waals surface area contributed by atoms with Gasteiger partial charge in [0.2, 0.25) is 23.3 Å². The minimum atomic E-state index is -1.02. The van der Waals surface area contributed by atoms with Crippen LogP contribution in [0, 0.1) is 0 Å². The molecular formula is C54H70N4O15. The fourth-order valence-electron chi connectivity index (χ4n) is 9.66. The standard InChI is InChI=1S/C27H34N2O7.C21H23NO6.C6H13NO2/c1-17(30)28-22-8-6-18-16-23(32-2)25(33-3)26(34-4)24(18)20-7-5-19(15-21(20)22)27(31)36-14-11-29-9-12-35-13-10-29;1-11(23)22-16-8-6-12-10-17(26-2)19(27-3)20(28-4)18(12)14-7-5-13(21(24)25)9-15(14)16;8-4-1-7-2-5-9-6-3-7/h5,7,15-16,22H,6,8-14H2,1-4H3,(H,28,30);5,7,9-10,16H,6,8H2,1-4H3,(H,22,23)(H,24,25);8H,1-6H2/t22-;16-;/m00./s1. The highest BCUT2D eigenvalue weighted by Crippen LogP contribution is 2.52. The number of carboxylic acids is 1. The second kappa shape index (κ2) is 26.9. The summed E-state index contributed by atoms with van der Waals surface area (Å²) < 4.78 is 49.7. The van der Waals surface area contributed by atoms with Crippen molar-refractivity contribution in [1.82, 2.24) is 20.4 Å². The summed E-state index contributed by atoms with van der Waals surface area (Å²) in [5.74, 6) is 1.44. The number of methoxy groups -OCH3 is 6. The van der Waals surface area contributed by atoms with Gasteiger partial charge in [-0.25, -0.2) is 9.59 Å². The number of aryl methyl sites for hydroxylation is 2. The minimum Gasteiger partial charge on any atom is -0.493 e. The molecule has 2 aliphatic carbocycles. The number of carboxylic acid groups (broad SMARTS) is 1. The van der Waals surface area contributed by atoms with E-state index in [9.17, 15) is 24.3 Å². The van der Waals surface area contributed by atoms with Crippen molar-refractivity contribution in [3.63, 3.8) is 0 Å². The molecular weight excluding hydrogens is 945 g/mol. The normalized spacial score (nSPS) is 17.0. The average molecular weight is 1020 g/mol. The summed E-state index contributed by atoms with van der Waals surface area (Å²) in [7, 11) is 9.41. The first-order chi connectivity index (χ1) is 35.3. The van der Waals surface area contributed by atoms with Crippen molar-refractivity contribution < 1.29 is 72.0 Å². The number of esters is 1. The van der Waals surface area contributed by atoms with E-state index in [4.69, 9.17) is 47.7 Å². The highest BCUT2D eigenvalue weighted by Gasteiger charge is 2.32. The molecule has 19 heteroatoms. The van der Waals surface area contributed by atoms with Gasteiger partial charge in [0.15, 0.2) is 23.0 Å². The highest BCUT2D eigenvalue weighted by molar-refractivity contribution is 5.93. The quantitative estimate of drug-likeness (QED) is 0.108. The average Bonchev–Trinajstić information content (AvgIpc) is 3.64. The Balaban J connectivity index is 0.000000207. The molecule has 0 bridgehead atoms. The molecule has 0 aromatic heterocycles. The predicted molar refractivity (Wildman–Crippen MR) is 272 cm³/mol. The predicted octanol–water partition coefficient (Wildman–Crippen LogP) is 5.50. The molecule has 2 fully saturated rings. The highest BCUT2D eigenvalue weighted by atomic mass is 16.5. The Morgan fingerprint density at radius 2 is 1.01 bits per heavy atom. The van der Waals surface area contributed by atoms with Gasteiger partial charge < -0.3 is 63.5 Å². The van der Waals surface area contributed by atoms with Gasteiger partial charge in [-0.1, -0.05) is 12.1 Å². The summed E-state index contributed by atoms with van der Waals surface area (Å²) in [6, 6.07) is 13.6. The Morgan fingerprint density at radius 1 is 0.589 bits per heavy atom. The summed E-state index contributed by atoms with van der Waals surface area (Å²) in [5.41, 5.74) is 7.51. The third kappa shape index (κ3) is 13.7. The molecule has 4 N–H and O–H groups in total. The maximum atomic E-state index is 12.9. The van der Waals surface area contributed by atoms with Crippen LogP contribution in [0.15, 0.2) is 48.5 Å². The molecule has 396 valence electrons. The number of rotatable bonds is 15. The molecule has 2 heterocycles. The van der Waals surface area contributed by atoms with Crippen molar-refractivity contribution in [1.29, 1.82) is 0 Å². The number of amides is 2. The van der Waals surface area contributed by atoms with E-state index in [0.717, 1.165) is 90.4 Å². The lowest BCUT2D eigenvalue weighted by Gasteiger charge is -2.26. The number of nitrogens with one attached hydrogen (secondary N) is 2. The zero-order valence-electron chi connectivity index (χ0n) is 43.2. The molecule has 2 amide bonds. The van der Waals surface area contributed by atoms with E-state index in [-0.39, 0.29) is 36.1 Å². The molecule has 73 heavy (non-hydrogen) atoms. The number of benzene rings is 4. The largest absolute Gasteiger partial charge is 0.493 e. The molecule has 4 aliphatic rings. The minimum absolute atomic E-state index is 0.141. The Morgan fingerprint density at radius 3 is 1.41 bits per heavy atom. The van der Waals surface area contributed by atoms with Crippen molar-refractivity contribution >= 4 is 23.8 Å². The zero-order chi connectivity index (χ0) is 52.6. The summed E-state index contributed by atoms with van der Waals surface area (Å²) >= 11 is 0. The van der Waals surface area contributed by atoms with E-state index in [1.165, 1.54) is 21.0 Å². The van der Waals surface area contributed by atoms with Crippen LogP contribution >= 0.6 is 0 Å². The number of morpholine rings is 2. The van der Waals surface area contributed by atoms with E-state index in [2.05, 4.69) is 20.4 Å². The van der Waals surface area contributed by atoms with Gasteiger partial charge >= 0.3 is 11.9 Å². The number of hydrogen-bond donors (Lipinski definition) is 4. The van der Waals surface area contributed by atoms with E-state index >= 15 is 0 Å². The van der Waals surface area contributed by atoms with Crippen LogP contribution in [0.5, 0.6) is 34.5 Å². The van der Waals surface area contributed by atoms with Gasteiger partial charge in [-0.2, -0.15) is 0 Å². The first-order valence-corrected chi connectivity index (χ1v) is 24.4. The van der Waals surface area contributed by atoms with E-state index in [1.54, 1.807) is 59.8 Å². The number of β-amino-alcohol motifs (C(OH)–C–C–N with tert-alkyl or cyclic N) is 1. The Hall–Kier alpha value is -6.64. The van der Waals surface area contributed by atoms with Crippen LogP contribution in [0.2, 0.25) is 0 Å². The van der Waals surface area contributed by atoms with Gasteiger partial charge in [0.1, 0.15) is 6.61 Å². The first-order valence-electron chi connectivity index (χ1n) is 24.4.